The van der Waals surface area contributed by atoms with E-state index >= 15 is 0 Å². The number of nitrogens with zero attached hydrogens (tertiary/aromatic N) is 1. The van der Waals surface area contributed by atoms with Crippen LogP contribution in [0.1, 0.15) is 12.8 Å². The molecule has 4 nitrogen and oxygen atoms in total. The van der Waals surface area contributed by atoms with Crippen LogP contribution in [0.2, 0.25) is 0 Å². The molecule has 0 aromatic heterocycles. The molecule has 18 heavy (non-hydrogen) atoms. The largest absolute Gasteiger partial charge is 0.497 e. The molecule has 0 aliphatic carbocycles. The molecule has 1 atom stereocenters. The van der Waals surface area contributed by atoms with E-state index in [0.717, 1.165) is 37.4 Å². The molecule has 4 heteroatoms. The van der Waals surface area contributed by atoms with Gasteiger partial charge in [-0.15, -0.1) is 0 Å². The Morgan fingerprint density at radius 2 is 1.89 bits per heavy atom. The maximum atomic E-state index is 6.09. The second-order valence-electron chi connectivity index (χ2n) is 4.47. The minimum Gasteiger partial charge on any atom is -0.497 e. The first-order valence-electron chi connectivity index (χ1n) is 6.27. The number of hydrogen-bond donors (Lipinski definition) is 1. The molecule has 1 aromatic rings. The third-order valence-electron chi connectivity index (χ3n) is 2.94. The van der Waals surface area contributed by atoms with Crippen LogP contribution >= 0.6 is 0 Å². The summed E-state index contributed by atoms with van der Waals surface area (Å²) in [4.78, 5) is 2.16. The van der Waals surface area contributed by atoms with Crippen molar-refractivity contribution >= 4 is 5.69 Å². The van der Waals surface area contributed by atoms with Gasteiger partial charge in [0, 0.05) is 39.0 Å². The maximum absolute atomic E-state index is 6.09. The van der Waals surface area contributed by atoms with E-state index in [1.54, 1.807) is 14.2 Å². The molecule has 0 heterocycles. The first-order chi connectivity index (χ1) is 8.67. The van der Waals surface area contributed by atoms with E-state index in [1.807, 2.05) is 24.3 Å². The van der Waals surface area contributed by atoms with Gasteiger partial charge in [0.2, 0.25) is 0 Å². The molecule has 0 spiro atoms. The van der Waals surface area contributed by atoms with Gasteiger partial charge in [0.05, 0.1) is 7.11 Å². The summed E-state index contributed by atoms with van der Waals surface area (Å²) in [7, 11) is 5.44. The standard InChI is InChI=1S/C14H24N2O2/c1-16(11-12(15)5-4-10-17-2)13-6-8-14(18-3)9-7-13/h6-9,12H,4-5,10-11,15H2,1-3H3. The number of ether oxygens (including phenoxy) is 2. The van der Waals surface area contributed by atoms with E-state index in [1.165, 1.54) is 0 Å². The number of benzene rings is 1. The van der Waals surface area contributed by atoms with E-state index in [4.69, 9.17) is 15.2 Å². The van der Waals surface area contributed by atoms with Crippen LogP contribution in [0.3, 0.4) is 0 Å². The van der Waals surface area contributed by atoms with Crippen LogP contribution in [-0.2, 0) is 4.74 Å². The predicted molar refractivity (Wildman–Crippen MR) is 75.3 cm³/mol. The minimum absolute atomic E-state index is 0.173. The highest BCUT2D eigenvalue weighted by Gasteiger charge is 2.07. The number of methoxy groups -OCH3 is 2. The average Bonchev–Trinajstić information content (AvgIpc) is 2.39. The van der Waals surface area contributed by atoms with Gasteiger partial charge in [-0.05, 0) is 37.1 Å². The van der Waals surface area contributed by atoms with Gasteiger partial charge in [-0.1, -0.05) is 0 Å². The molecule has 1 aromatic carbocycles. The van der Waals surface area contributed by atoms with Gasteiger partial charge in [-0.25, -0.2) is 0 Å². The zero-order chi connectivity index (χ0) is 13.4. The normalized spacial score (nSPS) is 12.2. The second-order valence-corrected chi connectivity index (χ2v) is 4.47. The van der Waals surface area contributed by atoms with E-state index in [9.17, 15) is 0 Å². The molecular weight excluding hydrogens is 228 g/mol. The lowest BCUT2D eigenvalue weighted by atomic mass is 10.1. The number of rotatable bonds is 8. The van der Waals surface area contributed by atoms with Crippen LogP contribution in [0.4, 0.5) is 5.69 Å². The Kier molecular flexibility index (Phi) is 6.54. The zero-order valence-corrected chi connectivity index (χ0v) is 11.6. The first kappa shape index (κ1) is 14.8. The van der Waals surface area contributed by atoms with Crippen molar-refractivity contribution in [2.24, 2.45) is 5.73 Å². The smallest absolute Gasteiger partial charge is 0.119 e. The number of likely N-dealkylation sites (N-methyl/N-ethyl adjacent to an activating group) is 1. The van der Waals surface area contributed by atoms with Crippen molar-refractivity contribution in [2.75, 3.05) is 39.3 Å². The van der Waals surface area contributed by atoms with Crippen LogP contribution in [0.5, 0.6) is 5.75 Å². The van der Waals surface area contributed by atoms with Crippen LogP contribution in [-0.4, -0.2) is 40.5 Å². The molecule has 102 valence electrons. The lowest BCUT2D eigenvalue weighted by Gasteiger charge is -2.23. The van der Waals surface area contributed by atoms with Crippen molar-refractivity contribution in [2.45, 2.75) is 18.9 Å². The Morgan fingerprint density at radius 3 is 2.44 bits per heavy atom. The quantitative estimate of drug-likeness (QED) is 0.718. The van der Waals surface area contributed by atoms with Crippen LogP contribution < -0.4 is 15.4 Å². The molecule has 0 aliphatic heterocycles. The van der Waals surface area contributed by atoms with Crippen LogP contribution in [0.25, 0.3) is 0 Å². The molecule has 0 saturated heterocycles. The highest BCUT2D eigenvalue weighted by atomic mass is 16.5. The Morgan fingerprint density at radius 1 is 1.22 bits per heavy atom. The number of hydrogen-bond acceptors (Lipinski definition) is 4. The summed E-state index contributed by atoms with van der Waals surface area (Å²) in [5.74, 6) is 0.872. The number of anilines is 1. The molecule has 0 fully saturated rings. The highest BCUT2D eigenvalue weighted by Crippen LogP contribution is 2.18. The Balaban J connectivity index is 2.40. The molecule has 1 rings (SSSR count). The third-order valence-corrected chi connectivity index (χ3v) is 2.94. The summed E-state index contributed by atoms with van der Waals surface area (Å²) in [6.07, 6.45) is 1.99. The molecule has 0 bridgehead atoms. The van der Waals surface area contributed by atoms with Crippen LogP contribution in [0, 0.1) is 0 Å². The van der Waals surface area contributed by atoms with Gasteiger partial charge < -0.3 is 20.1 Å². The summed E-state index contributed by atoms with van der Waals surface area (Å²) in [6, 6.07) is 8.18. The Bertz CT molecular complexity index is 327. The van der Waals surface area contributed by atoms with Crippen molar-refractivity contribution in [1.29, 1.82) is 0 Å². The van der Waals surface area contributed by atoms with E-state index in [-0.39, 0.29) is 6.04 Å². The van der Waals surface area contributed by atoms with Crippen molar-refractivity contribution in [3.8, 4) is 5.75 Å². The number of nitrogens with two attached hydrogens (primary N) is 1. The summed E-state index contributed by atoms with van der Waals surface area (Å²) < 4.78 is 10.2. The molecule has 0 saturated carbocycles. The van der Waals surface area contributed by atoms with Gasteiger partial charge in [-0.2, -0.15) is 0 Å². The first-order valence-corrected chi connectivity index (χ1v) is 6.27. The predicted octanol–water partition coefficient (Wildman–Crippen LogP) is 1.89. The SMILES string of the molecule is COCCCC(N)CN(C)c1ccc(OC)cc1. The zero-order valence-electron chi connectivity index (χ0n) is 11.6. The fraction of sp³-hybridized carbons (Fsp3) is 0.571. The summed E-state index contributed by atoms with van der Waals surface area (Å²) >= 11 is 0. The third kappa shape index (κ3) is 4.94. The Labute approximate surface area is 110 Å². The van der Waals surface area contributed by atoms with Crippen LogP contribution in [0.15, 0.2) is 24.3 Å². The summed E-state index contributed by atoms with van der Waals surface area (Å²) in [6.45, 7) is 1.62. The molecular formula is C14H24N2O2. The average molecular weight is 252 g/mol. The summed E-state index contributed by atoms with van der Waals surface area (Å²) in [5, 5.41) is 0. The van der Waals surface area contributed by atoms with Gasteiger partial charge >= 0.3 is 0 Å². The van der Waals surface area contributed by atoms with Crippen molar-refractivity contribution in [1.82, 2.24) is 0 Å². The fourth-order valence-corrected chi connectivity index (χ4v) is 1.88. The lowest BCUT2D eigenvalue weighted by molar-refractivity contribution is 0.190. The van der Waals surface area contributed by atoms with Gasteiger partial charge in [0.15, 0.2) is 0 Å². The van der Waals surface area contributed by atoms with Gasteiger partial charge in [-0.3, -0.25) is 0 Å². The molecule has 2 N–H and O–H groups in total. The highest BCUT2D eigenvalue weighted by molar-refractivity contribution is 5.48. The monoisotopic (exact) mass is 252 g/mol. The molecule has 1 unspecified atom stereocenters. The summed E-state index contributed by atoms with van der Waals surface area (Å²) in [5.41, 5.74) is 7.24. The molecule has 0 amide bonds. The van der Waals surface area contributed by atoms with Gasteiger partial charge in [0.25, 0.3) is 0 Å². The van der Waals surface area contributed by atoms with Crippen molar-refractivity contribution in [3.63, 3.8) is 0 Å². The molecule has 0 aliphatic rings. The van der Waals surface area contributed by atoms with E-state index in [2.05, 4.69) is 11.9 Å². The lowest BCUT2D eigenvalue weighted by Crippen LogP contribution is -2.35. The van der Waals surface area contributed by atoms with Crippen molar-refractivity contribution in [3.05, 3.63) is 24.3 Å². The second kappa shape index (κ2) is 7.95. The maximum Gasteiger partial charge on any atom is 0.119 e. The van der Waals surface area contributed by atoms with E-state index < -0.39 is 0 Å². The topological polar surface area (TPSA) is 47.7 Å². The van der Waals surface area contributed by atoms with Gasteiger partial charge in [0.1, 0.15) is 5.75 Å². The Hall–Kier alpha value is -1.26. The molecule has 0 radical (unpaired) electrons. The minimum atomic E-state index is 0.173. The fourth-order valence-electron chi connectivity index (χ4n) is 1.88. The van der Waals surface area contributed by atoms with Crippen molar-refractivity contribution < 1.29 is 9.47 Å². The van der Waals surface area contributed by atoms with E-state index in [0.29, 0.717) is 0 Å².